The summed E-state index contributed by atoms with van der Waals surface area (Å²) in [6, 6.07) is 7.90. The van der Waals surface area contributed by atoms with Gasteiger partial charge in [-0.05, 0) is 18.1 Å². The van der Waals surface area contributed by atoms with Gasteiger partial charge in [0.05, 0.1) is 0 Å². The van der Waals surface area contributed by atoms with E-state index in [1.54, 1.807) is 0 Å². The van der Waals surface area contributed by atoms with Crippen molar-refractivity contribution in [2.75, 3.05) is 6.54 Å². The molecule has 0 saturated carbocycles. The van der Waals surface area contributed by atoms with Crippen LogP contribution in [0.15, 0.2) is 30.5 Å². The van der Waals surface area contributed by atoms with Gasteiger partial charge in [0.2, 0.25) is 0 Å². The lowest BCUT2D eigenvalue weighted by atomic mass is 10.1. The monoisotopic (exact) mass is 309 g/mol. The maximum absolute atomic E-state index is 12.0. The third kappa shape index (κ3) is 4.76. The highest BCUT2D eigenvalue weighted by atomic mass is 35.5. The largest absolute Gasteiger partial charge is 1.00 e. The highest BCUT2D eigenvalue weighted by molar-refractivity contribution is 5.85. The molecule has 1 atom stereocenters. The highest BCUT2D eigenvalue weighted by Crippen LogP contribution is 2.18. The van der Waals surface area contributed by atoms with Crippen molar-refractivity contribution < 1.29 is 22.9 Å². The fourth-order valence-corrected chi connectivity index (χ4v) is 2.39. The summed E-state index contributed by atoms with van der Waals surface area (Å²) < 4.78 is 0. The number of carbonyl (C=O) groups is 1. The molecule has 116 valence electrons. The zero-order valence-corrected chi connectivity index (χ0v) is 13.2. The molecule has 0 aliphatic heterocycles. The van der Waals surface area contributed by atoms with Crippen LogP contribution in [0, 0.1) is 0 Å². The molecule has 0 spiro atoms. The molecule has 0 unspecified atom stereocenters. The van der Waals surface area contributed by atoms with E-state index in [1.807, 2.05) is 24.4 Å². The Hall–Kier alpha value is -1.52. The Morgan fingerprint density at radius 3 is 2.86 bits per heavy atom. The number of nitrogens with one attached hydrogen (secondary N) is 2. The van der Waals surface area contributed by atoms with E-state index in [0.29, 0.717) is 6.42 Å². The molecule has 2 rings (SSSR count). The molecular formula is C16H24ClN3O. The summed E-state index contributed by atoms with van der Waals surface area (Å²) in [6.07, 6.45) is 6.02. The maximum Gasteiger partial charge on any atom is 0.278 e. The fraction of sp³-hybridized carbons (Fsp3) is 0.438. The smallest absolute Gasteiger partial charge is 0.278 e. The number of fused-ring (bicyclic) bond motifs is 1. The number of carbonyl (C=O) groups excluding carboxylic acids is 1. The summed E-state index contributed by atoms with van der Waals surface area (Å²) in [7, 11) is 0. The molecule has 2 aromatic rings. The average molecular weight is 310 g/mol. The van der Waals surface area contributed by atoms with Crippen molar-refractivity contribution in [3.05, 3.63) is 36.0 Å². The number of amides is 1. The molecule has 1 heterocycles. The minimum atomic E-state index is -0.240. The number of aromatic nitrogens is 1. The van der Waals surface area contributed by atoms with Crippen molar-refractivity contribution in [2.24, 2.45) is 0 Å². The van der Waals surface area contributed by atoms with E-state index in [2.05, 4.69) is 29.0 Å². The van der Waals surface area contributed by atoms with Crippen LogP contribution in [0.25, 0.3) is 10.9 Å². The predicted octanol–water partition coefficient (Wildman–Crippen LogP) is -1.37. The molecule has 1 amide bonds. The Morgan fingerprint density at radius 2 is 2.10 bits per heavy atom. The number of quaternary nitrogens is 1. The Labute approximate surface area is 131 Å². The number of rotatable bonds is 7. The first kappa shape index (κ1) is 17.5. The summed E-state index contributed by atoms with van der Waals surface area (Å²) in [5.74, 6) is 0.0476. The van der Waals surface area contributed by atoms with Crippen LogP contribution in [0.3, 0.4) is 0 Å². The zero-order chi connectivity index (χ0) is 14.4. The topological polar surface area (TPSA) is 72.5 Å². The Kier molecular flexibility index (Phi) is 7.26. The van der Waals surface area contributed by atoms with Gasteiger partial charge in [-0.25, -0.2) is 0 Å². The SMILES string of the molecule is CCCCCNC(=O)[C@@H]([NH3+])Cc1c[nH]c2ccccc12.[Cl-]. The molecule has 1 aromatic heterocycles. The molecule has 0 fully saturated rings. The zero-order valence-electron chi connectivity index (χ0n) is 12.5. The number of unbranched alkanes of at least 4 members (excludes halogenated alkanes) is 2. The minimum absolute atomic E-state index is 0. The summed E-state index contributed by atoms with van der Waals surface area (Å²) in [5.41, 5.74) is 6.26. The second kappa shape index (κ2) is 8.70. The van der Waals surface area contributed by atoms with Crippen LogP contribution in [-0.2, 0) is 11.2 Å². The van der Waals surface area contributed by atoms with Gasteiger partial charge in [0.25, 0.3) is 5.91 Å². The molecule has 0 saturated heterocycles. The van der Waals surface area contributed by atoms with E-state index in [1.165, 1.54) is 11.8 Å². The van der Waals surface area contributed by atoms with Crippen LogP contribution < -0.4 is 23.5 Å². The van der Waals surface area contributed by atoms with Gasteiger partial charge in [0, 0.05) is 30.1 Å². The van der Waals surface area contributed by atoms with E-state index in [0.717, 1.165) is 30.5 Å². The average Bonchev–Trinajstić information content (AvgIpc) is 2.87. The molecule has 0 aliphatic rings. The van der Waals surface area contributed by atoms with Gasteiger partial charge in [-0.3, -0.25) is 4.79 Å². The molecule has 1 aromatic carbocycles. The molecule has 4 nitrogen and oxygen atoms in total. The first-order valence-corrected chi connectivity index (χ1v) is 7.38. The quantitative estimate of drug-likeness (QED) is 0.543. The highest BCUT2D eigenvalue weighted by Gasteiger charge is 2.18. The third-order valence-electron chi connectivity index (χ3n) is 3.59. The van der Waals surface area contributed by atoms with Crippen LogP contribution in [0.1, 0.15) is 31.7 Å². The van der Waals surface area contributed by atoms with Crippen molar-refractivity contribution >= 4 is 16.8 Å². The summed E-state index contributed by atoms with van der Waals surface area (Å²) >= 11 is 0. The first-order valence-electron chi connectivity index (χ1n) is 7.38. The minimum Gasteiger partial charge on any atom is -1.00 e. The number of halogens is 1. The van der Waals surface area contributed by atoms with Gasteiger partial charge >= 0.3 is 0 Å². The first-order chi connectivity index (χ1) is 9.72. The predicted molar refractivity (Wildman–Crippen MR) is 81.2 cm³/mol. The van der Waals surface area contributed by atoms with Crippen LogP contribution in [0.4, 0.5) is 0 Å². The van der Waals surface area contributed by atoms with Crippen molar-refractivity contribution in [3.63, 3.8) is 0 Å². The van der Waals surface area contributed by atoms with E-state index in [9.17, 15) is 4.79 Å². The van der Waals surface area contributed by atoms with Gasteiger partial charge in [0.15, 0.2) is 6.04 Å². The number of aromatic amines is 1. The Bertz CT molecular complexity index is 567. The summed E-state index contributed by atoms with van der Waals surface area (Å²) in [4.78, 5) is 15.2. The van der Waals surface area contributed by atoms with Gasteiger partial charge < -0.3 is 28.4 Å². The lowest BCUT2D eigenvalue weighted by molar-refractivity contribution is -0.403. The van der Waals surface area contributed by atoms with Crippen molar-refractivity contribution in [1.82, 2.24) is 10.3 Å². The number of hydrogen-bond acceptors (Lipinski definition) is 1. The number of hydrogen-bond donors (Lipinski definition) is 3. The molecule has 5 N–H and O–H groups in total. The van der Waals surface area contributed by atoms with Gasteiger partial charge in [0.1, 0.15) is 0 Å². The Morgan fingerprint density at radius 1 is 1.33 bits per heavy atom. The second-order valence-electron chi connectivity index (χ2n) is 5.26. The molecule has 0 radical (unpaired) electrons. The van der Waals surface area contributed by atoms with Crippen LogP contribution in [0.5, 0.6) is 0 Å². The van der Waals surface area contributed by atoms with Crippen molar-refractivity contribution in [2.45, 2.75) is 38.6 Å². The van der Waals surface area contributed by atoms with Gasteiger partial charge in [-0.15, -0.1) is 0 Å². The van der Waals surface area contributed by atoms with E-state index in [-0.39, 0.29) is 24.4 Å². The maximum atomic E-state index is 12.0. The lowest BCUT2D eigenvalue weighted by Gasteiger charge is -2.09. The van der Waals surface area contributed by atoms with Crippen molar-refractivity contribution in [3.8, 4) is 0 Å². The summed E-state index contributed by atoms with van der Waals surface area (Å²) in [5, 5.41) is 4.15. The summed E-state index contributed by atoms with van der Waals surface area (Å²) in [6.45, 7) is 2.91. The number of H-pyrrole nitrogens is 1. The van der Waals surface area contributed by atoms with E-state index in [4.69, 9.17) is 0 Å². The Balaban J connectivity index is 0.00000220. The lowest BCUT2D eigenvalue weighted by Crippen LogP contribution is -3.00. The van der Waals surface area contributed by atoms with Crippen LogP contribution in [0.2, 0.25) is 0 Å². The molecule has 21 heavy (non-hydrogen) atoms. The second-order valence-corrected chi connectivity index (χ2v) is 5.26. The fourth-order valence-electron chi connectivity index (χ4n) is 2.39. The molecule has 0 bridgehead atoms. The normalized spacial score (nSPS) is 11.9. The third-order valence-corrected chi connectivity index (χ3v) is 3.59. The van der Waals surface area contributed by atoms with E-state index < -0.39 is 0 Å². The van der Waals surface area contributed by atoms with E-state index >= 15 is 0 Å². The standard InChI is InChI=1S/C16H23N3O.ClH/c1-2-3-6-9-18-16(20)14(17)10-12-11-19-15-8-5-4-7-13(12)15;/h4-5,7-8,11,14,19H,2-3,6,9-10,17H2,1H3,(H,18,20);1H/t14-;/m0./s1. The van der Waals surface area contributed by atoms with Gasteiger partial charge in [-0.1, -0.05) is 38.0 Å². The van der Waals surface area contributed by atoms with Crippen LogP contribution in [-0.4, -0.2) is 23.5 Å². The van der Waals surface area contributed by atoms with Crippen LogP contribution >= 0.6 is 0 Å². The molecular weight excluding hydrogens is 286 g/mol. The van der Waals surface area contributed by atoms with Crippen molar-refractivity contribution in [1.29, 1.82) is 0 Å². The van der Waals surface area contributed by atoms with Gasteiger partial charge in [-0.2, -0.15) is 0 Å². The molecule has 5 heteroatoms. The number of benzene rings is 1. The number of para-hydroxylation sites is 1. The molecule has 0 aliphatic carbocycles.